The Morgan fingerprint density at radius 2 is 1.38 bits per heavy atom. The fourth-order valence-electron chi connectivity index (χ4n) is 2.80. The molecule has 2 N–H and O–H groups in total. The summed E-state index contributed by atoms with van der Waals surface area (Å²) in [5.41, 5.74) is -0.922. The van der Waals surface area contributed by atoms with Crippen molar-refractivity contribution < 1.29 is 24.5 Å². The largest absolute Gasteiger partial charge is 0.481 e. The molecule has 5 nitrogen and oxygen atoms in total. The van der Waals surface area contributed by atoms with Crippen LogP contribution < -0.4 is 4.74 Å². The summed E-state index contributed by atoms with van der Waals surface area (Å²) in [7, 11) is 0. The summed E-state index contributed by atoms with van der Waals surface area (Å²) in [5.74, 6) is -1.63. The Balaban J connectivity index is 2.36. The third-order valence-corrected chi connectivity index (χ3v) is 3.70. The van der Waals surface area contributed by atoms with Crippen molar-refractivity contribution in [2.45, 2.75) is 11.8 Å². The van der Waals surface area contributed by atoms with E-state index < -0.39 is 23.8 Å². The Kier molecular flexibility index (Phi) is 2.90. The molecule has 0 aliphatic carbocycles. The minimum atomic E-state index is -1.64. The number of carbonyl (C=O) groups is 2. The molecule has 2 aromatic rings. The van der Waals surface area contributed by atoms with Crippen LogP contribution in [0.3, 0.4) is 0 Å². The van der Waals surface area contributed by atoms with Crippen LogP contribution in [0.1, 0.15) is 17.5 Å². The lowest BCUT2D eigenvalue weighted by molar-refractivity contribution is -0.149. The number of fused-ring (bicyclic) bond motifs is 2. The summed E-state index contributed by atoms with van der Waals surface area (Å²) in [6.07, 6.45) is -0.542. The molecule has 0 amide bonds. The van der Waals surface area contributed by atoms with Crippen LogP contribution in [0.4, 0.5) is 0 Å². The molecule has 0 fully saturated rings. The molecule has 1 heterocycles. The van der Waals surface area contributed by atoms with E-state index in [1.165, 1.54) is 0 Å². The number of hydrogen-bond acceptors (Lipinski definition) is 3. The smallest absolute Gasteiger partial charge is 0.319 e. The van der Waals surface area contributed by atoms with Gasteiger partial charge >= 0.3 is 11.9 Å². The number of aliphatic carboxylic acids is 2. The molecule has 3 rings (SSSR count). The number of para-hydroxylation sites is 2. The molecule has 0 saturated heterocycles. The molecule has 5 heteroatoms. The highest BCUT2D eigenvalue weighted by atomic mass is 16.5. The summed E-state index contributed by atoms with van der Waals surface area (Å²) in [6, 6.07) is 13.3. The fraction of sp³-hybridized carbons (Fsp3) is 0.125. The number of ether oxygens (including phenoxy) is 1. The Labute approximate surface area is 120 Å². The summed E-state index contributed by atoms with van der Waals surface area (Å²) in [6.45, 7) is 0. The van der Waals surface area contributed by atoms with Crippen molar-refractivity contribution in [2.24, 2.45) is 0 Å². The molecule has 106 valence electrons. The minimum Gasteiger partial charge on any atom is -0.481 e. The third-order valence-electron chi connectivity index (χ3n) is 3.70. The van der Waals surface area contributed by atoms with Crippen molar-refractivity contribution in [1.82, 2.24) is 0 Å². The van der Waals surface area contributed by atoms with Gasteiger partial charge in [-0.25, -0.2) is 0 Å². The standard InChI is InChI=1S/C16H12O5/c17-14(18)9-16(15(19)20)10-5-1-3-7-12(10)21-13-8-4-2-6-11(13)16/h1-8H,9H2,(H,17,18)(H,19,20). The van der Waals surface area contributed by atoms with Gasteiger partial charge in [-0.2, -0.15) is 0 Å². The van der Waals surface area contributed by atoms with Crippen molar-refractivity contribution in [1.29, 1.82) is 0 Å². The van der Waals surface area contributed by atoms with Crippen molar-refractivity contribution in [3.8, 4) is 11.5 Å². The monoisotopic (exact) mass is 284 g/mol. The van der Waals surface area contributed by atoms with Gasteiger partial charge in [0.05, 0.1) is 6.42 Å². The molecule has 21 heavy (non-hydrogen) atoms. The topological polar surface area (TPSA) is 83.8 Å². The van der Waals surface area contributed by atoms with Gasteiger partial charge in [-0.15, -0.1) is 0 Å². The van der Waals surface area contributed by atoms with Gasteiger partial charge in [-0.1, -0.05) is 36.4 Å². The van der Waals surface area contributed by atoms with Gasteiger partial charge in [0, 0.05) is 11.1 Å². The normalized spacial score (nSPS) is 14.5. The molecule has 0 spiro atoms. The van der Waals surface area contributed by atoms with Crippen molar-refractivity contribution >= 4 is 11.9 Å². The number of rotatable bonds is 3. The second-order valence-corrected chi connectivity index (χ2v) is 4.88. The average Bonchev–Trinajstić information content (AvgIpc) is 2.46. The van der Waals surface area contributed by atoms with Gasteiger partial charge in [-0.05, 0) is 12.1 Å². The van der Waals surface area contributed by atoms with Gasteiger partial charge in [0.25, 0.3) is 0 Å². The molecule has 0 saturated carbocycles. The van der Waals surface area contributed by atoms with Gasteiger partial charge in [0.15, 0.2) is 0 Å². The first kappa shape index (κ1) is 13.2. The highest BCUT2D eigenvalue weighted by Crippen LogP contribution is 2.49. The van der Waals surface area contributed by atoms with Crippen LogP contribution in [0.15, 0.2) is 48.5 Å². The summed E-state index contributed by atoms with van der Waals surface area (Å²) >= 11 is 0. The average molecular weight is 284 g/mol. The molecular formula is C16H12O5. The Hall–Kier alpha value is -2.82. The molecule has 0 unspecified atom stereocenters. The molecule has 1 aliphatic heterocycles. The maximum atomic E-state index is 12.0. The van der Waals surface area contributed by atoms with E-state index in [0.717, 1.165) is 0 Å². The molecule has 0 bridgehead atoms. The second kappa shape index (κ2) is 4.63. The van der Waals surface area contributed by atoms with Gasteiger partial charge in [0.2, 0.25) is 0 Å². The van der Waals surface area contributed by atoms with Crippen LogP contribution in [-0.4, -0.2) is 22.2 Å². The number of carboxylic acid groups (broad SMARTS) is 2. The first-order valence-electron chi connectivity index (χ1n) is 6.38. The Morgan fingerprint density at radius 1 is 0.905 bits per heavy atom. The maximum Gasteiger partial charge on any atom is 0.319 e. The quantitative estimate of drug-likeness (QED) is 0.905. The molecule has 0 aromatic heterocycles. The third kappa shape index (κ3) is 1.86. The van der Waals surface area contributed by atoms with Crippen LogP contribution in [0, 0.1) is 0 Å². The van der Waals surface area contributed by atoms with Gasteiger partial charge < -0.3 is 14.9 Å². The fourth-order valence-corrected chi connectivity index (χ4v) is 2.80. The second-order valence-electron chi connectivity index (χ2n) is 4.88. The highest BCUT2D eigenvalue weighted by molar-refractivity contribution is 5.93. The van der Waals surface area contributed by atoms with Gasteiger partial charge in [-0.3, -0.25) is 9.59 Å². The summed E-state index contributed by atoms with van der Waals surface area (Å²) < 4.78 is 5.71. The van der Waals surface area contributed by atoms with E-state index in [9.17, 15) is 19.8 Å². The van der Waals surface area contributed by atoms with E-state index in [4.69, 9.17) is 4.74 Å². The highest BCUT2D eigenvalue weighted by Gasteiger charge is 2.50. The van der Waals surface area contributed by atoms with E-state index in [2.05, 4.69) is 0 Å². The SMILES string of the molecule is O=C(O)CC1(C(=O)O)c2ccccc2Oc2ccccc21. The van der Waals surface area contributed by atoms with E-state index >= 15 is 0 Å². The lowest BCUT2D eigenvalue weighted by Crippen LogP contribution is -2.41. The molecule has 2 aromatic carbocycles. The number of carboxylic acids is 2. The van der Waals surface area contributed by atoms with E-state index in [1.54, 1.807) is 48.5 Å². The Bertz CT molecular complexity index is 689. The van der Waals surface area contributed by atoms with Crippen LogP contribution in [-0.2, 0) is 15.0 Å². The van der Waals surface area contributed by atoms with E-state index in [0.29, 0.717) is 22.6 Å². The zero-order chi connectivity index (χ0) is 15.0. The van der Waals surface area contributed by atoms with Crippen molar-refractivity contribution in [2.75, 3.05) is 0 Å². The van der Waals surface area contributed by atoms with Crippen molar-refractivity contribution in [3.63, 3.8) is 0 Å². The van der Waals surface area contributed by atoms with Crippen LogP contribution in [0.5, 0.6) is 11.5 Å². The first-order chi connectivity index (χ1) is 10.1. The van der Waals surface area contributed by atoms with Crippen LogP contribution >= 0.6 is 0 Å². The lowest BCUT2D eigenvalue weighted by atomic mass is 9.70. The maximum absolute atomic E-state index is 12.0. The molecular weight excluding hydrogens is 272 g/mol. The van der Waals surface area contributed by atoms with E-state index in [-0.39, 0.29) is 0 Å². The Morgan fingerprint density at radius 3 is 1.81 bits per heavy atom. The van der Waals surface area contributed by atoms with Gasteiger partial charge in [0.1, 0.15) is 16.9 Å². The zero-order valence-corrected chi connectivity index (χ0v) is 10.9. The first-order valence-corrected chi connectivity index (χ1v) is 6.38. The predicted octanol–water partition coefficient (Wildman–Crippen LogP) is 2.64. The zero-order valence-electron chi connectivity index (χ0n) is 10.9. The minimum absolute atomic E-state index is 0.360. The summed E-state index contributed by atoms with van der Waals surface area (Å²) in [4.78, 5) is 23.3. The molecule has 0 atom stereocenters. The summed E-state index contributed by atoms with van der Waals surface area (Å²) in [5, 5.41) is 19.0. The number of hydrogen-bond donors (Lipinski definition) is 2. The van der Waals surface area contributed by atoms with Crippen LogP contribution in [0.2, 0.25) is 0 Å². The van der Waals surface area contributed by atoms with Crippen molar-refractivity contribution in [3.05, 3.63) is 59.7 Å². The molecule has 0 radical (unpaired) electrons. The number of benzene rings is 2. The molecule has 1 aliphatic rings. The predicted molar refractivity (Wildman–Crippen MR) is 73.6 cm³/mol. The van der Waals surface area contributed by atoms with E-state index in [1.807, 2.05) is 0 Å². The lowest BCUT2D eigenvalue weighted by Gasteiger charge is -2.35. The van der Waals surface area contributed by atoms with Crippen LogP contribution in [0.25, 0.3) is 0 Å².